The van der Waals surface area contributed by atoms with E-state index in [2.05, 4.69) is 0 Å². The van der Waals surface area contributed by atoms with Gasteiger partial charge in [-0.15, -0.1) is 0 Å². The van der Waals surface area contributed by atoms with E-state index in [1.807, 2.05) is 30.3 Å². The van der Waals surface area contributed by atoms with Crippen molar-refractivity contribution < 1.29 is 14.2 Å². The summed E-state index contributed by atoms with van der Waals surface area (Å²) >= 11 is 5.66. The van der Waals surface area contributed by atoms with Gasteiger partial charge in [0.2, 0.25) is 0 Å². The summed E-state index contributed by atoms with van der Waals surface area (Å²) in [6.45, 7) is 1.71. The Labute approximate surface area is 116 Å². The van der Waals surface area contributed by atoms with Gasteiger partial charge in [-0.05, 0) is 24.6 Å². The van der Waals surface area contributed by atoms with Gasteiger partial charge < -0.3 is 9.84 Å². The molecule has 0 aliphatic heterocycles. The highest BCUT2D eigenvalue weighted by atomic mass is 35.5. The van der Waals surface area contributed by atoms with Gasteiger partial charge in [0.1, 0.15) is 23.8 Å². The van der Waals surface area contributed by atoms with Gasteiger partial charge in [0.15, 0.2) is 0 Å². The van der Waals surface area contributed by atoms with Gasteiger partial charge in [-0.25, -0.2) is 4.39 Å². The highest BCUT2D eigenvalue weighted by Gasteiger charge is 2.23. The van der Waals surface area contributed by atoms with Crippen molar-refractivity contribution in [1.82, 2.24) is 0 Å². The molecule has 0 heterocycles. The van der Waals surface area contributed by atoms with Crippen molar-refractivity contribution in [1.29, 1.82) is 0 Å². The van der Waals surface area contributed by atoms with Crippen molar-refractivity contribution >= 4 is 11.6 Å². The Morgan fingerprint density at radius 2 is 1.89 bits per heavy atom. The fraction of sp³-hybridized carbons (Fsp3) is 0.200. The Morgan fingerprint density at radius 1 is 1.21 bits per heavy atom. The maximum Gasteiger partial charge on any atom is 0.142 e. The van der Waals surface area contributed by atoms with E-state index in [4.69, 9.17) is 16.3 Å². The van der Waals surface area contributed by atoms with E-state index in [9.17, 15) is 9.50 Å². The molecule has 0 saturated carbocycles. The van der Waals surface area contributed by atoms with E-state index in [0.717, 1.165) is 5.56 Å². The first-order chi connectivity index (χ1) is 8.99. The average Bonchev–Trinajstić information content (AvgIpc) is 2.41. The Bertz CT molecular complexity index is 555. The first-order valence-corrected chi connectivity index (χ1v) is 6.22. The molecule has 2 rings (SSSR count). The minimum Gasteiger partial charge on any atom is -0.490 e. The molecule has 2 aromatic carbocycles. The molecule has 2 nitrogen and oxygen atoms in total. The van der Waals surface area contributed by atoms with Crippen molar-refractivity contribution in [2.45, 2.75) is 12.5 Å². The molecule has 0 amide bonds. The lowest BCUT2D eigenvalue weighted by Gasteiger charge is -2.24. The van der Waals surface area contributed by atoms with Crippen LogP contribution in [0.25, 0.3) is 0 Å². The number of hydrogen-bond acceptors (Lipinski definition) is 2. The molecule has 4 heteroatoms. The molecule has 0 aliphatic rings. The third-order valence-corrected chi connectivity index (χ3v) is 3.10. The lowest BCUT2D eigenvalue weighted by atomic mass is 9.97. The van der Waals surface area contributed by atoms with Crippen LogP contribution >= 0.6 is 11.6 Å². The first kappa shape index (κ1) is 13.8. The number of halogens is 2. The molecule has 0 aromatic heterocycles. The molecule has 0 spiro atoms. The van der Waals surface area contributed by atoms with Gasteiger partial charge in [0.25, 0.3) is 0 Å². The zero-order valence-corrected chi connectivity index (χ0v) is 11.2. The Balaban J connectivity index is 2.07. The van der Waals surface area contributed by atoms with Gasteiger partial charge in [-0.1, -0.05) is 41.9 Å². The number of aliphatic hydroxyl groups is 1. The van der Waals surface area contributed by atoms with Gasteiger partial charge in [-0.3, -0.25) is 0 Å². The molecule has 0 aliphatic carbocycles. The van der Waals surface area contributed by atoms with Crippen LogP contribution in [-0.4, -0.2) is 11.7 Å². The molecule has 1 unspecified atom stereocenters. The second kappa shape index (κ2) is 5.59. The van der Waals surface area contributed by atoms with E-state index in [1.54, 1.807) is 6.92 Å². The Morgan fingerprint density at radius 3 is 2.53 bits per heavy atom. The van der Waals surface area contributed by atoms with Crippen LogP contribution in [0.4, 0.5) is 4.39 Å². The van der Waals surface area contributed by atoms with E-state index in [0.29, 0.717) is 5.75 Å². The molecule has 100 valence electrons. The van der Waals surface area contributed by atoms with Gasteiger partial charge in [-0.2, -0.15) is 0 Å². The van der Waals surface area contributed by atoms with Crippen LogP contribution in [0, 0.1) is 5.82 Å². The van der Waals surface area contributed by atoms with Crippen molar-refractivity contribution in [3.05, 3.63) is 64.9 Å². The first-order valence-electron chi connectivity index (χ1n) is 5.85. The summed E-state index contributed by atoms with van der Waals surface area (Å²) in [6.07, 6.45) is 0. The van der Waals surface area contributed by atoms with Crippen LogP contribution in [0.2, 0.25) is 5.02 Å². The van der Waals surface area contributed by atoms with Crippen LogP contribution < -0.4 is 4.74 Å². The number of rotatable bonds is 4. The molecule has 2 aromatic rings. The van der Waals surface area contributed by atoms with Gasteiger partial charge >= 0.3 is 0 Å². The molecule has 0 radical (unpaired) electrons. The quantitative estimate of drug-likeness (QED) is 0.924. The lowest BCUT2D eigenvalue weighted by Crippen LogP contribution is -2.29. The van der Waals surface area contributed by atoms with E-state index >= 15 is 0 Å². The summed E-state index contributed by atoms with van der Waals surface area (Å²) in [5.74, 6) is -0.0774. The summed E-state index contributed by atoms with van der Waals surface area (Å²) in [5.41, 5.74) is -0.370. The van der Waals surface area contributed by atoms with Crippen LogP contribution in [-0.2, 0) is 5.60 Å². The largest absolute Gasteiger partial charge is 0.490 e. The summed E-state index contributed by atoms with van der Waals surface area (Å²) in [5, 5.41) is 10.3. The van der Waals surface area contributed by atoms with Crippen LogP contribution in [0.1, 0.15) is 12.5 Å². The second-order valence-electron chi connectivity index (χ2n) is 4.50. The summed E-state index contributed by atoms with van der Waals surface area (Å²) in [4.78, 5) is 0. The van der Waals surface area contributed by atoms with Crippen LogP contribution in [0.5, 0.6) is 5.75 Å². The summed E-state index contributed by atoms with van der Waals surface area (Å²) < 4.78 is 18.5. The normalized spacial score (nSPS) is 13.9. The summed E-state index contributed by atoms with van der Waals surface area (Å²) in [6, 6.07) is 13.3. The maximum absolute atomic E-state index is 13.0. The van der Waals surface area contributed by atoms with E-state index in [1.165, 1.54) is 18.2 Å². The fourth-order valence-corrected chi connectivity index (χ4v) is 1.84. The fourth-order valence-electron chi connectivity index (χ4n) is 1.67. The van der Waals surface area contributed by atoms with Crippen molar-refractivity contribution in [2.75, 3.05) is 6.61 Å². The molecular formula is C15H14ClFO2. The predicted octanol–water partition coefficient (Wildman–Crippen LogP) is 3.77. The Hall–Kier alpha value is -1.58. The minimum absolute atomic E-state index is 0.00291. The molecule has 0 fully saturated rings. The zero-order valence-electron chi connectivity index (χ0n) is 10.4. The highest BCUT2D eigenvalue weighted by molar-refractivity contribution is 6.30. The predicted molar refractivity (Wildman–Crippen MR) is 72.9 cm³/mol. The number of hydrogen-bond donors (Lipinski definition) is 1. The molecule has 0 saturated heterocycles. The smallest absolute Gasteiger partial charge is 0.142 e. The van der Waals surface area contributed by atoms with Crippen LogP contribution in [0.3, 0.4) is 0 Å². The van der Waals surface area contributed by atoms with Gasteiger partial charge in [0.05, 0.1) is 5.02 Å². The van der Waals surface area contributed by atoms with E-state index in [-0.39, 0.29) is 11.6 Å². The van der Waals surface area contributed by atoms with E-state index < -0.39 is 11.4 Å². The standard InChI is InChI=1S/C15H14ClFO2/c1-15(18,11-5-3-2-4-6-11)10-19-12-7-8-14(17)13(16)9-12/h2-9,18H,10H2,1H3. The van der Waals surface area contributed by atoms with Crippen molar-refractivity contribution in [3.8, 4) is 5.75 Å². The summed E-state index contributed by atoms with van der Waals surface area (Å²) in [7, 11) is 0. The van der Waals surface area contributed by atoms with Crippen LogP contribution in [0.15, 0.2) is 48.5 Å². The molecular weight excluding hydrogens is 267 g/mol. The molecule has 0 bridgehead atoms. The molecule has 19 heavy (non-hydrogen) atoms. The average molecular weight is 281 g/mol. The molecule has 1 atom stereocenters. The third-order valence-electron chi connectivity index (χ3n) is 2.81. The van der Waals surface area contributed by atoms with Gasteiger partial charge in [0, 0.05) is 6.07 Å². The number of ether oxygens (including phenoxy) is 1. The highest BCUT2D eigenvalue weighted by Crippen LogP contribution is 2.25. The topological polar surface area (TPSA) is 29.5 Å². The number of benzene rings is 2. The Kier molecular flexibility index (Phi) is 4.08. The van der Waals surface area contributed by atoms with Crippen molar-refractivity contribution in [3.63, 3.8) is 0 Å². The minimum atomic E-state index is -1.12. The second-order valence-corrected chi connectivity index (χ2v) is 4.91. The third kappa shape index (κ3) is 3.46. The molecule has 1 N–H and O–H groups in total. The zero-order chi connectivity index (χ0) is 13.9. The van der Waals surface area contributed by atoms with Crippen molar-refractivity contribution in [2.24, 2.45) is 0 Å². The lowest BCUT2D eigenvalue weighted by molar-refractivity contribution is 0.00758. The maximum atomic E-state index is 13.0. The monoisotopic (exact) mass is 280 g/mol. The SMILES string of the molecule is CC(O)(COc1ccc(F)c(Cl)c1)c1ccccc1.